The van der Waals surface area contributed by atoms with Crippen molar-refractivity contribution in [2.45, 2.75) is 45.1 Å². The molecule has 1 saturated carbocycles. The molecule has 0 radical (unpaired) electrons. The van der Waals surface area contributed by atoms with Crippen LogP contribution in [0.5, 0.6) is 0 Å². The number of halogens is 2. The van der Waals surface area contributed by atoms with Gasteiger partial charge >= 0.3 is 5.97 Å². The molecule has 5 rings (SSSR count). The maximum absolute atomic E-state index is 15.2. The van der Waals surface area contributed by atoms with E-state index >= 15 is 4.39 Å². The Morgan fingerprint density at radius 3 is 2.33 bits per heavy atom. The molecule has 4 aromatic rings. The van der Waals surface area contributed by atoms with Gasteiger partial charge in [0.1, 0.15) is 11.9 Å². The standard InChI is InChI=1S/C33H36FN7O4.ClH/c1-2-45-33(44)27-5-3-4-26(29(27)34)22-10-6-20(7-11-22)18-28(37-31(42)24-12-8-21(19-35)9-13-24)32(43)36-25-16-14-23(15-17-25)30-38-40-41-39-30;/h3-7,10-11,14-17,21,24,28H,2,8-9,12-13,18-19,35H2,1H3,(H,36,43)(H,37,42)(H,38,39,40,41);1H/t21-,24-,28-;/m0./s1. The van der Waals surface area contributed by atoms with Crippen LogP contribution in [0.2, 0.25) is 0 Å². The number of esters is 1. The van der Waals surface area contributed by atoms with E-state index in [4.69, 9.17) is 10.5 Å². The second-order valence-corrected chi connectivity index (χ2v) is 11.1. The van der Waals surface area contributed by atoms with Crippen molar-refractivity contribution < 1.29 is 23.5 Å². The lowest BCUT2D eigenvalue weighted by Gasteiger charge is -2.28. The van der Waals surface area contributed by atoms with Crippen LogP contribution in [0.15, 0.2) is 66.7 Å². The molecule has 1 aliphatic rings. The van der Waals surface area contributed by atoms with Crippen LogP contribution in [0.3, 0.4) is 0 Å². The number of tetrazole rings is 1. The highest BCUT2D eigenvalue weighted by Crippen LogP contribution is 2.29. The summed E-state index contributed by atoms with van der Waals surface area (Å²) in [5, 5.41) is 19.8. The zero-order chi connectivity index (χ0) is 31.8. The zero-order valence-electron chi connectivity index (χ0n) is 25.4. The molecule has 0 unspecified atom stereocenters. The molecule has 11 nitrogen and oxygen atoms in total. The second kappa shape index (κ2) is 16.1. The van der Waals surface area contributed by atoms with Gasteiger partial charge in [0.25, 0.3) is 0 Å². The average molecular weight is 650 g/mol. The van der Waals surface area contributed by atoms with E-state index in [-0.39, 0.29) is 54.3 Å². The van der Waals surface area contributed by atoms with Crippen molar-refractivity contribution in [3.05, 3.63) is 83.7 Å². The summed E-state index contributed by atoms with van der Waals surface area (Å²) in [5.74, 6) is -1.25. The molecule has 242 valence electrons. The third-order valence-corrected chi connectivity index (χ3v) is 8.14. The molecule has 13 heteroatoms. The minimum absolute atomic E-state index is 0. The van der Waals surface area contributed by atoms with Crippen molar-refractivity contribution in [1.29, 1.82) is 0 Å². The van der Waals surface area contributed by atoms with Gasteiger partial charge in [-0.15, -0.1) is 22.6 Å². The Kier molecular flexibility index (Phi) is 11.9. The fourth-order valence-corrected chi connectivity index (χ4v) is 5.55. The van der Waals surface area contributed by atoms with Crippen LogP contribution in [0.25, 0.3) is 22.5 Å². The summed E-state index contributed by atoms with van der Waals surface area (Å²) in [6.45, 7) is 2.41. The molecule has 2 amide bonds. The number of anilines is 1. The number of hydrogen-bond donors (Lipinski definition) is 4. The number of ether oxygens (including phenoxy) is 1. The molecule has 1 atom stereocenters. The minimum Gasteiger partial charge on any atom is -0.462 e. The minimum atomic E-state index is -0.864. The number of H-pyrrole nitrogens is 1. The number of aromatic amines is 1. The first kappa shape index (κ1) is 34.2. The molecule has 1 aromatic heterocycles. The van der Waals surface area contributed by atoms with Crippen molar-refractivity contribution in [2.24, 2.45) is 17.6 Å². The smallest absolute Gasteiger partial charge is 0.341 e. The number of nitrogens with two attached hydrogens (primary N) is 1. The van der Waals surface area contributed by atoms with E-state index in [1.165, 1.54) is 6.07 Å². The van der Waals surface area contributed by atoms with Gasteiger partial charge in [0, 0.05) is 29.2 Å². The molecule has 1 aliphatic carbocycles. The molecule has 1 fully saturated rings. The Labute approximate surface area is 272 Å². The Bertz CT molecular complexity index is 1610. The summed E-state index contributed by atoms with van der Waals surface area (Å²) in [4.78, 5) is 39.0. The number of rotatable bonds is 11. The number of benzene rings is 3. The molecule has 1 heterocycles. The van der Waals surface area contributed by atoms with Gasteiger partial charge in [-0.05, 0) is 91.7 Å². The van der Waals surface area contributed by atoms with Crippen molar-refractivity contribution in [1.82, 2.24) is 25.9 Å². The van der Waals surface area contributed by atoms with E-state index in [1.54, 1.807) is 67.6 Å². The summed E-state index contributed by atoms with van der Waals surface area (Å²) in [6, 6.07) is 17.7. The fraction of sp³-hybridized carbons (Fsp3) is 0.333. The Morgan fingerprint density at radius 2 is 1.70 bits per heavy atom. The van der Waals surface area contributed by atoms with E-state index in [0.29, 0.717) is 29.5 Å². The number of carbonyl (C=O) groups is 3. The normalized spacial score (nSPS) is 16.5. The van der Waals surface area contributed by atoms with Gasteiger partial charge in [-0.1, -0.05) is 36.4 Å². The van der Waals surface area contributed by atoms with Crippen LogP contribution in [-0.2, 0) is 20.7 Å². The van der Waals surface area contributed by atoms with E-state index in [2.05, 4.69) is 31.3 Å². The number of hydrogen-bond acceptors (Lipinski definition) is 8. The van der Waals surface area contributed by atoms with Crippen LogP contribution in [0, 0.1) is 17.7 Å². The summed E-state index contributed by atoms with van der Waals surface area (Å²) in [6.07, 6.45) is 3.43. The van der Waals surface area contributed by atoms with Crippen LogP contribution in [0.4, 0.5) is 10.1 Å². The maximum Gasteiger partial charge on any atom is 0.341 e. The molecule has 46 heavy (non-hydrogen) atoms. The van der Waals surface area contributed by atoms with Gasteiger partial charge in [-0.25, -0.2) is 9.18 Å². The SMILES string of the molecule is CCOC(=O)c1cccc(-c2ccc(C[C@H](NC(=O)[C@H]3CC[C@H](CN)CC3)C(=O)Nc3ccc(-c4nn[nH]n4)cc3)cc2)c1F.Cl. The third-order valence-electron chi connectivity index (χ3n) is 8.14. The van der Waals surface area contributed by atoms with Gasteiger partial charge in [-0.2, -0.15) is 5.21 Å². The second-order valence-electron chi connectivity index (χ2n) is 11.1. The fourth-order valence-electron chi connectivity index (χ4n) is 5.55. The predicted molar refractivity (Wildman–Crippen MR) is 173 cm³/mol. The van der Waals surface area contributed by atoms with Gasteiger partial charge < -0.3 is 21.1 Å². The van der Waals surface area contributed by atoms with E-state index in [9.17, 15) is 14.4 Å². The van der Waals surface area contributed by atoms with Crippen LogP contribution in [-0.4, -0.2) is 57.6 Å². The van der Waals surface area contributed by atoms with Gasteiger partial charge in [0.15, 0.2) is 0 Å². The average Bonchev–Trinajstić information content (AvgIpc) is 3.61. The highest BCUT2D eigenvalue weighted by atomic mass is 35.5. The highest BCUT2D eigenvalue weighted by Gasteiger charge is 2.29. The first-order chi connectivity index (χ1) is 21.9. The van der Waals surface area contributed by atoms with Crippen molar-refractivity contribution in [2.75, 3.05) is 18.5 Å². The maximum atomic E-state index is 15.2. The van der Waals surface area contributed by atoms with Gasteiger partial charge in [0.2, 0.25) is 17.6 Å². The largest absolute Gasteiger partial charge is 0.462 e. The molecular weight excluding hydrogens is 613 g/mol. The topological polar surface area (TPSA) is 165 Å². The van der Waals surface area contributed by atoms with Crippen molar-refractivity contribution in [3.8, 4) is 22.5 Å². The lowest BCUT2D eigenvalue weighted by molar-refractivity contribution is -0.130. The first-order valence-electron chi connectivity index (χ1n) is 15.1. The highest BCUT2D eigenvalue weighted by molar-refractivity contribution is 5.98. The lowest BCUT2D eigenvalue weighted by Crippen LogP contribution is -2.48. The molecular formula is C33H37ClFN7O4. The van der Waals surface area contributed by atoms with Crippen molar-refractivity contribution >= 4 is 35.9 Å². The molecule has 3 aromatic carbocycles. The van der Waals surface area contributed by atoms with Crippen molar-refractivity contribution in [3.63, 3.8) is 0 Å². The van der Waals surface area contributed by atoms with E-state index < -0.39 is 17.8 Å². The summed E-state index contributed by atoms with van der Waals surface area (Å²) < 4.78 is 20.2. The number of nitrogens with one attached hydrogen (secondary N) is 3. The number of amides is 2. The Balaban J connectivity index is 0.00000480. The summed E-state index contributed by atoms with van der Waals surface area (Å²) in [7, 11) is 0. The molecule has 0 aliphatic heterocycles. The quantitative estimate of drug-likeness (QED) is 0.170. The molecule has 0 bridgehead atoms. The van der Waals surface area contributed by atoms with Crippen LogP contribution >= 0.6 is 12.4 Å². The first-order valence-corrected chi connectivity index (χ1v) is 15.1. The van der Waals surface area contributed by atoms with Gasteiger partial charge in [0.05, 0.1) is 12.2 Å². The molecule has 0 saturated heterocycles. The van der Waals surface area contributed by atoms with Crippen LogP contribution in [0.1, 0.15) is 48.5 Å². The van der Waals surface area contributed by atoms with E-state index in [1.807, 2.05) is 0 Å². The molecule has 5 N–H and O–H groups in total. The number of nitrogens with zero attached hydrogens (tertiary/aromatic N) is 3. The number of aromatic nitrogens is 4. The summed E-state index contributed by atoms with van der Waals surface area (Å²) in [5.41, 5.74) is 8.54. The van der Waals surface area contributed by atoms with Gasteiger partial charge in [-0.3, -0.25) is 9.59 Å². The third kappa shape index (κ3) is 8.32. The lowest BCUT2D eigenvalue weighted by atomic mass is 9.81. The summed E-state index contributed by atoms with van der Waals surface area (Å²) >= 11 is 0. The Morgan fingerprint density at radius 1 is 1.00 bits per heavy atom. The monoisotopic (exact) mass is 649 g/mol. The zero-order valence-corrected chi connectivity index (χ0v) is 26.2. The molecule has 0 spiro atoms. The van der Waals surface area contributed by atoms with E-state index in [0.717, 1.165) is 36.8 Å². The van der Waals surface area contributed by atoms with Crippen LogP contribution < -0.4 is 16.4 Å². The Hall–Kier alpha value is -4.68. The number of carbonyl (C=O) groups excluding carboxylic acids is 3. The predicted octanol–water partition coefficient (Wildman–Crippen LogP) is 4.70.